The van der Waals surface area contributed by atoms with Crippen LogP contribution in [0.4, 0.5) is 4.79 Å². The zero-order valence-corrected chi connectivity index (χ0v) is 16.1. The zero-order chi connectivity index (χ0) is 19.1. The molecule has 3 amide bonds. The Balaban J connectivity index is 1.30. The van der Waals surface area contributed by atoms with Crippen molar-refractivity contribution in [1.82, 2.24) is 24.7 Å². The summed E-state index contributed by atoms with van der Waals surface area (Å²) in [6, 6.07) is 0.0535. The lowest BCUT2D eigenvalue weighted by atomic mass is 9.96. The van der Waals surface area contributed by atoms with Crippen LogP contribution in [0, 0.1) is 11.8 Å². The van der Waals surface area contributed by atoms with Gasteiger partial charge < -0.3 is 25.4 Å². The van der Waals surface area contributed by atoms with Gasteiger partial charge in [-0.25, -0.2) is 9.78 Å². The normalized spacial score (nSPS) is 21.9. The van der Waals surface area contributed by atoms with Gasteiger partial charge in [0, 0.05) is 44.5 Å². The molecule has 2 aliphatic heterocycles. The molecule has 0 spiro atoms. The molecular formula is C19H32N6O2. The molecule has 3 heterocycles. The summed E-state index contributed by atoms with van der Waals surface area (Å²) >= 11 is 0. The van der Waals surface area contributed by atoms with Crippen molar-refractivity contribution < 1.29 is 9.59 Å². The highest BCUT2D eigenvalue weighted by atomic mass is 16.2. The first-order valence-corrected chi connectivity index (χ1v) is 10.1. The third-order valence-corrected chi connectivity index (χ3v) is 5.75. The van der Waals surface area contributed by atoms with E-state index in [9.17, 15) is 9.59 Å². The van der Waals surface area contributed by atoms with Crippen molar-refractivity contribution in [3.05, 3.63) is 18.7 Å². The largest absolute Gasteiger partial charge is 0.369 e. The van der Waals surface area contributed by atoms with Crippen molar-refractivity contribution in [2.75, 3.05) is 39.3 Å². The highest BCUT2D eigenvalue weighted by molar-refractivity contribution is 5.76. The van der Waals surface area contributed by atoms with Crippen LogP contribution in [0.5, 0.6) is 0 Å². The molecule has 0 aliphatic carbocycles. The number of imidazole rings is 1. The maximum absolute atomic E-state index is 12.4. The third-order valence-electron chi connectivity index (χ3n) is 5.75. The number of nitrogens with one attached hydrogen (secondary N) is 1. The Labute approximate surface area is 161 Å². The van der Waals surface area contributed by atoms with Gasteiger partial charge in [-0.3, -0.25) is 4.79 Å². The molecule has 0 saturated carbocycles. The van der Waals surface area contributed by atoms with E-state index in [1.807, 2.05) is 17.4 Å². The number of hydrogen-bond acceptors (Lipinski definition) is 4. The van der Waals surface area contributed by atoms with Crippen molar-refractivity contribution in [2.45, 2.75) is 38.6 Å². The number of amides is 3. The van der Waals surface area contributed by atoms with E-state index in [4.69, 9.17) is 5.73 Å². The van der Waals surface area contributed by atoms with E-state index < -0.39 is 0 Å². The van der Waals surface area contributed by atoms with Gasteiger partial charge in [-0.1, -0.05) is 0 Å². The van der Waals surface area contributed by atoms with Crippen LogP contribution in [-0.4, -0.2) is 70.6 Å². The molecule has 1 unspecified atom stereocenters. The first kappa shape index (κ1) is 19.7. The highest BCUT2D eigenvalue weighted by Gasteiger charge is 2.24. The highest BCUT2D eigenvalue weighted by Crippen LogP contribution is 2.18. The van der Waals surface area contributed by atoms with Crippen LogP contribution in [-0.2, 0) is 11.3 Å². The molecule has 0 bridgehead atoms. The Morgan fingerprint density at radius 3 is 2.70 bits per heavy atom. The summed E-state index contributed by atoms with van der Waals surface area (Å²) in [7, 11) is 0. The number of hydrogen-bond donors (Lipinski definition) is 2. The predicted molar refractivity (Wildman–Crippen MR) is 103 cm³/mol. The predicted octanol–water partition coefficient (Wildman–Crippen LogP) is 0.892. The summed E-state index contributed by atoms with van der Waals surface area (Å²) in [5.41, 5.74) is 5.37. The maximum Gasteiger partial charge on any atom is 0.317 e. The zero-order valence-electron chi connectivity index (χ0n) is 16.1. The first-order chi connectivity index (χ1) is 13.1. The summed E-state index contributed by atoms with van der Waals surface area (Å²) in [5.74, 6) is 0.357. The lowest BCUT2D eigenvalue weighted by Gasteiger charge is -2.33. The molecular weight excluding hydrogens is 344 g/mol. The van der Waals surface area contributed by atoms with Gasteiger partial charge in [0.05, 0.1) is 6.33 Å². The fourth-order valence-corrected chi connectivity index (χ4v) is 4.14. The number of primary amides is 1. The second-order valence-electron chi connectivity index (χ2n) is 7.82. The minimum atomic E-state index is -0.171. The lowest BCUT2D eigenvalue weighted by molar-refractivity contribution is -0.123. The first-order valence-electron chi connectivity index (χ1n) is 10.1. The molecule has 8 heteroatoms. The van der Waals surface area contributed by atoms with E-state index in [0.717, 1.165) is 71.4 Å². The molecule has 3 N–H and O–H groups in total. The summed E-state index contributed by atoms with van der Waals surface area (Å²) in [6.45, 7) is 6.06. The molecule has 2 saturated heterocycles. The van der Waals surface area contributed by atoms with Crippen LogP contribution in [0.1, 0.15) is 32.1 Å². The van der Waals surface area contributed by atoms with E-state index in [-0.39, 0.29) is 17.9 Å². The van der Waals surface area contributed by atoms with E-state index >= 15 is 0 Å². The molecule has 27 heavy (non-hydrogen) atoms. The van der Waals surface area contributed by atoms with Crippen LogP contribution in [0.3, 0.4) is 0 Å². The molecule has 2 fully saturated rings. The molecule has 3 rings (SSSR count). The smallest absolute Gasteiger partial charge is 0.317 e. The molecule has 8 nitrogen and oxygen atoms in total. The Morgan fingerprint density at radius 2 is 2.00 bits per heavy atom. The Bertz CT molecular complexity index is 597. The topological polar surface area (TPSA) is 96.5 Å². The second-order valence-corrected chi connectivity index (χ2v) is 7.82. The minimum absolute atomic E-state index is 0.0373. The molecule has 0 aromatic carbocycles. The van der Waals surface area contributed by atoms with Crippen LogP contribution in [0.25, 0.3) is 0 Å². The van der Waals surface area contributed by atoms with Crippen LogP contribution >= 0.6 is 0 Å². The third kappa shape index (κ3) is 5.95. The van der Waals surface area contributed by atoms with Gasteiger partial charge in [0.15, 0.2) is 0 Å². The summed E-state index contributed by atoms with van der Waals surface area (Å²) in [5, 5.41) is 3.07. The van der Waals surface area contributed by atoms with Crippen molar-refractivity contribution in [2.24, 2.45) is 17.6 Å². The van der Waals surface area contributed by atoms with Gasteiger partial charge in [0.25, 0.3) is 0 Å². The number of rotatable bonds is 7. The number of carbonyl (C=O) groups excluding carboxylic acids is 2. The van der Waals surface area contributed by atoms with Crippen molar-refractivity contribution >= 4 is 11.9 Å². The van der Waals surface area contributed by atoms with Gasteiger partial charge in [-0.2, -0.15) is 0 Å². The quantitative estimate of drug-likeness (QED) is 0.691. The Hall–Kier alpha value is -2.09. The van der Waals surface area contributed by atoms with E-state index in [0.29, 0.717) is 12.5 Å². The van der Waals surface area contributed by atoms with Gasteiger partial charge in [-0.05, 0) is 57.7 Å². The van der Waals surface area contributed by atoms with E-state index in [2.05, 4.69) is 19.8 Å². The Morgan fingerprint density at radius 1 is 1.19 bits per heavy atom. The molecule has 1 aromatic rings. The fourth-order valence-electron chi connectivity index (χ4n) is 4.14. The molecule has 150 valence electrons. The van der Waals surface area contributed by atoms with Crippen molar-refractivity contribution in [3.8, 4) is 0 Å². The van der Waals surface area contributed by atoms with Gasteiger partial charge >= 0.3 is 6.03 Å². The minimum Gasteiger partial charge on any atom is -0.369 e. The van der Waals surface area contributed by atoms with Crippen LogP contribution < -0.4 is 11.1 Å². The van der Waals surface area contributed by atoms with Crippen LogP contribution in [0.15, 0.2) is 18.7 Å². The van der Waals surface area contributed by atoms with Crippen molar-refractivity contribution in [3.63, 3.8) is 0 Å². The van der Waals surface area contributed by atoms with Gasteiger partial charge in [0.2, 0.25) is 5.91 Å². The number of likely N-dealkylation sites (tertiary alicyclic amines) is 2. The molecule has 1 atom stereocenters. The standard InChI is InChI=1S/C19H32N6O2/c20-18(26)17-4-10-23(11-5-17)8-2-6-22-19(27)25-9-1-3-16(14-25)13-24-12-7-21-15-24/h7,12,15-17H,1-6,8-11,13-14H2,(H2,20,26)(H,22,27). The number of nitrogens with zero attached hydrogens (tertiary/aromatic N) is 4. The summed E-state index contributed by atoms with van der Waals surface area (Å²) in [6.07, 6.45) is 10.5. The summed E-state index contributed by atoms with van der Waals surface area (Å²) < 4.78 is 2.09. The Kier molecular flexibility index (Phi) is 7.09. The monoisotopic (exact) mass is 376 g/mol. The summed E-state index contributed by atoms with van der Waals surface area (Å²) in [4.78, 5) is 32.0. The van der Waals surface area contributed by atoms with Crippen LogP contribution in [0.2, 0.25) is 0 Å². The fraction of sp³-hybridized carbons (Fsp3) is 0.737. The number of aromatic nitrogens is 2. The van der Waals surface area contributed by atoms with Gasteiger partial charge in [-0.15, -0.1) is 0 Å². The number of nitrogens with two attached hydrogens (primary N) is 1. The number of urea groups is 1. The number of piperidine rings is 2. The second kappa shape index (κ2) is 9.73. The number of carbonyl (C=O) groups is 2. The lowest BCUT2D eigenvalue weighted by Crippen LogP contribution is -2.46. The molecule has 0 radical (unpaired) electrons. The molecule has 2 aliphatic rings. The maximum atomic E-state index is 12.4. The molecule has 1 aromatic heterocycles. The average Bonchev–Trinajstić information content (AvgIpc) is 3.18. The van der Waals surface area contributed by atoms with E-state index in [1.165, 1.54) is 0 Å². The van der Waals surface area contributed by atoms with Crippen molar-refractivity contribution in [1.29, 1.82) is 0 Å². The SMILES string of the molecule is NC(=O)C1CCN(CCCNC(=O)N2CCCC(Cn3ccnc3)C2)CC1. The van der Waals surface area contributed by atoms with E-state index in [1.54, 1.807) is 6.20 Å². The van der Waals surface area contributed by atoms with Gasteiger partial charge in [0.1, 0.15) is 0 Å². The average molecular weight is 377 g/mol.